The molecule has 0 unspecified atom stereocenters. The number of carboxylic acid groups (broad SMARTS) is 1. The van der Waals surface area contributed by atoms with Crippen LogP contribution >= 0.6 is 11.3 Å². The highest BCUT2D eigenvalue weighted by molar-refractivity contribution is 7.17. The number of hydrogen-bond donors (Lipinski definition) is 1. The van der Waals surface area contributed by atoms with Gasteiger partial charge in [-0.05, 0) is 32.0 Å². The summed E-state index contributed by atoms with van der Waals surface area (Å²) in [6.45, 7) is 3.46. The highest BCUT2D eigenvalue weighted by atomic mass is 32.1. The number of ether oxygens (including phenoxy) is 2. The van der Waals surface area contributed by atoms with E-state index in [0.717, 1.165) is 5.56 Å². The van der Waals surface area contributed by atoms with Gasteiger partial charge in [0.2, 0.25) is 0 Å². The zero-order valence-corrected chi connectivity index (χ0v) is 15.3. The summed E-state index contributed by atoms with van der Waals surface area (Å²) in [4.78, 5) is 29.7. The van der Waals surface area contributed by atoms with E-state index in [4.69, 9.17) is 14.6 Å². The summed E-state index contributed by atoms with van der Waals surface area (Å²) in [7, 11) is 3.11. The lowest BCUT2D eigenvalue weighted by atomic mass is 10.2. The van der Waals surface area contributed by atoms with Crippen LogP contribution in [0.4, 0.5) is 0 Å². The molecule has 0 saturated heterocycles. The first kappa shape index (κ1) is 18.7. The molecule has 0 aliphatic carbocycles. The van der Waals surface area contributed by atoms with Crippen LogP contribution in [-0.2, 0) is 4.79 Å². The van der Waals surface area contributed by atoms with Crippen LogP contribution in [0.15, 0.2) is 18.2 Å². The van der Waals surface area contributed by atoms with E-state index in [-0.39, 0.29) is 12.5 Å². The molecule has 0 aliphatic rings. The fraction of sp³-hybridized carbons (Fsp3) is 0.353. The number of aliphatic carboxylic acids is 1. The number of hydrogen-bond acceptors (Lipinski definition) is 6. The van der Waals surface area contributed by atoms with Gasteiger partial charge < -0.3 is 19.5 Å². The van der Waals surface area contributed by atoms with Crippen LogP contribution < -0.4 is 9.47 Å². The Kier molecular flexibility index (Phi) is 5.97. The third kappa shape index (κ3) is 4.08. The van der Waals surface area contributed by atoms with Gasteiger partial charge in [0.25, 0.3) is 5.91 Å². The van der Waals surface area contributed by atoms with Crippen molar-refractivity contribution in [3.05, 3.63) is 28.8 Å². The molecule has 1 heterocycles. The number of amides is 1. The van der Waals surface area contributed by atoms with E-state index in [2.05, 4.69) is 4.98 Å². The number of aromatic nitrogens is 1. The smallest absolute Gasteiger partial charge is 0.323 e. The number of carbonyl (C=O) groups excluding carboxylic acids is 1. The Labute approximate surface area is 149 Å². The molecule has 0 fully saturated rings. The number of benzene rings is 1. The Morgan fingerprint density at radius 3 is 2.48 bits per heavy atom. The fourth-order valence-electron chi connectivity index (χ4n) is 2.32. The van der Waals surface area contributed by atoms with Crippen molar-refractivity contribution in [2.75, 3.05) is 27.3 Å². The fourth-order valence-corrected chi connectivity index (χ4v) is 3.35. The van der Waals surface area contributed by atoms with E-state index >= 15 is 0 Å². The lowest BCUT2D eigenvalue weighted by Gasteiger charge is -2.17. The first-order valence-corrected chi connectivity index (χ1v) is 8.43. The van der Waals surface area contributed by atoms with Gasteiger partial charge in [0.15, 0.2) is 11.5 Å². The van der Waals surface area contributed by atoms with Crippen molar-refractivity contribution < 1.29 is 24.2 Å². The van der Waals surface area contributed by atoms with Crippen molar-refractivity contribution in [1.29, 1.82) is 0 Å². The molecule has 8 heteroatoms. The molecular weight excluding hydrogens is 344 g/mol. The molecule has 1 amide bonds. The summed E-state index contributed by atoms with van der Waals surface area (Å²) in [5.41, 5.74) is 1.37. The maximum absolute atomic E-state index is 12.6. The third-order valence-corrected chi connectivity index (χ3v) is 4.81. The van der Waals surface area contributed by atoms with Crippen LogP contribution in [0.1, 0.15) is 22.3 Å². The van der Waals surface area contributed by atoms with E-state index in [1.54, 1.807) is 40.2 Å². The lowest BCUT2D eigenvalue weighted by molar-refractivity contribution is -0.137. The van der Waals surface area contributed by atoms with Crippen molar-refractivity contribution in [3.8, 4) is 22.1 Å². The molecule has 2 aromatic rings. The second kappa shape index (κ2) is 7.98. The summed E-state index contributed by atoms with van der Waals surface area (Å²) in [6, 6.07) is 5.40. The molecule has 1 aromatic carbocycles. The zero-order chi connectivity index (χ0) is 18.6. The minimum absolute atomic E-state index is 0.314. The van der Waals surface area contributed by atoms with E-state index in [1.807, 2.05) is 6.07 Å². The van der Waals surface area contributed by atoms with Gasteiger partial charge in [-0.15, -0.1) is 11.3 Å². The van der Waals surface area contributed by atoms with Gasteiger partial charge in [-0.3, -0.25) is 9.59 Å². The van der Waals surface area contributed by atoms with Crippen molar-refractivity contribution in [1.82, 2.24) is 9.88 Å². The number of thiazole rings is 1. The molecule has 134 valence electrons. The number of carbonyl (C=O) groups is 2. The Balaban J connectivity index is 2.36. The Hall–Kier alpha value is -2.61. The quantitative estimate of drug-likeness (QED) is 0.812. The zero-order valence-electron chi connectivity index (χ0n) is 14.5. The molecule has 2 rings (SSSR count). The molecule has 1 aromatic heterocycles. The summed E-state index contributed by atoms with van der Waals surface area (Å²) >= 11 is 1.23. The van der Waals surface area contributed by atoms with E-state index in [0.29, 0.717) is 33.6 Å². The van der Waals surface area contributed by atoms with Crippen LogP contribution in [0, 0.1) is 6.92 Å². The minimum atomic E-state index is -1.04. The molecule has 0 saturated carbocycles. The topological polar surface area (TPSA) is 89.0 Å². The van der Waals surface area contributed by atoms with E-state index in [1.165, 1.54) is 16.2 Å². The molecule has 0 atom stereocenters. The molecule has 0 spiro atoms. The summed E-state index contributed by atoms with van der Waals surface area (Å²) in [6.07, 6.45) is 0. The number of methoxy groups -OCH3 is 2. The van der Waals surface area contributed by atoms with Gasteiger partial charge in [-0.2, -0.15) is 0 Å². The predicted molar refractivity (Wildman–Crippen MR) is 94.6 cm³/mol. The van der Waals surface area contributed by atoms with Crippen molar-refractivity contribution in [2.24, 2.45) is 0 Å². The standard InChI is InChI=1S/C17H20N2O5S/c1-5-19(9-14(20)21)17(22)15-10(2)18-16(25-15)11-6-7-12(23-3)13(8-11)24-4/h6-8H,5,9H2,1-4H3,(H,20,21). The van der Waals surface area contributed by atoms with Gasteiger partial charge in [-0.25, -0.2) is 4.98 Å². The van der Waals surface area contributed by atoms with Crippen molar-refractivity contribution >= 4 is 23.2 Å². The van der Waals surface area contributed by atoms with Gasteiger partial charge in [0.1, 0.15) is 16.4 Å². The van der Waals surface area contributed by atoms with Crippen molar-refractivity contribution in [2.45, 2.75) is 13.8 Å². The lowest BCUT2D eigenvalue weighted by Crippen LogP contribution is -2.35. The number of nitrogens with zero attached hydrogens (tertiary/aromatic N) is 2. The van der Waals surface area contributed by atoms with Crippen LogP contribution in [0.3, 0.4) is 0 Å². The number of carboxylic acids is 1. The molecule has 0 bridgehead atoms. The van der Waals surface area contributed by atoms with Gasteiger partial charge in [0.05, 0.1) is 19.9 Å². The molecule has 7 nitrogen and oxygen atoms in total. The highest BCUT2D eigenvalue weighted by Gasteiger charge is 2.23. The van der Waals surface area contributed by atoms with Crippen LogP contribution in [0.25, 0.3) is 10.6 Å². The Morgan fingerprint density at radius 1 is 1.24 bits per heavy atom. The first-order chi connectivity index (χ1) is 11.9. The van der Waals surface area contributed by atoms with Crippen LogP contribution in [-0.4, -0.2) is 54.2 Å². The number of likely N-dealkylation sites (N-methyl/N-ethyl adjacent to an activating group) is 1. The van der Waals surface area contributed by atoms with Gasteiger partial charge in [0, 0.05) is 12.1 Å². The second-order valence-corrected chi connectivity index (χ2v) is 6.22. The summed E-state index contributed by atoms with van der Waals surface area (Å²) in [5, 5.41) is 9.60. The predicted octanol–water partition coefficient (Wildman–Crippen LogP) is 2.68. The Morgan fingerprint density at radius 2 is 1.92 bits per heavy atom. The van der Waals surface area contributed by atoms with Crippen LogP contribution in [0.2, 0.25) is 0 Å². The maximum Gasteiger partial charge on any atom is 0.323 e. The molecule has 0 aliphatic heterocycles. The van der Waals surface area contributed by atoms with Crippen LogP contribution in [0.5, 0.6) is 11.5 Å². The normalized spacial score (nSPS) is 10.4. The van der Waals surface area contributed by atoms with Gasteiger partial charge >= 0.3 is 5.97 Å². The average molecular weight is 364 g/mol. The first-order valence-electron chi connectivity index (χ1n) is 7.62. The molecule has 25 heavy (non-hydrogen) atoms. The van der Waals surface area contributed by atoms with Crippen molar-refractivity contribution in [3.63, 3.8) is 0 Å². The SMILES string of the molecule is CCN(CC(=O)O)C(=O)c1sc(-c2ccc(OC)c(OC)c2)nc1C. The van der Waals surface area contributed by atoms with E-state index < -0.39 is 5.97 Å². The summed E-state index contributed by atoms with van der Waals surface area (Å²) < 4.78 is 10.5. The monoisotopic (exact) mass is 364 g/mol. The summed E-state index contributed by atoms with van der Waals surface area (Å²) in [5.74, 6) is -0.194. The number of aryl methyl sites for hydroxylation is 1. The highest BCUT2D eigenvalue weighted by Crippen LogP contribution is 2.35. The minimum Gasteiger partial charge on any atom is -0.493 e. The maximum atomic E-state index is 12.6. The number of rotatable bonds is 7. The van der Waals surface area contributed by atoms with Gasteiger partial charge in [-0.1, -0.05) is 0 Å². The van der Waals surface area contributed by atoms with E-state index in [9.17, 15) is 9.59 Å². The molecular formula is C17H20N2O5S. The average Bonchev–Trinajstić information content (AvgIpc) is 2.99. The largest absolute Gasteiger partial charge is 0.493 e. The Bertz CT molecular complexity index is 787. The third-order valence-electron chi connectivity index (χ3n) is 3.62. The molecule has 1 N–H and O–H groups in total. The molecule has 0 radical (unpaired) electrons. The second-order valence-electron chi connectivity index (χ2n) is 5.22.